The van der Waals surface area contributed by atoms with Gasteiger partial charge in [-0.2, -0.15) is 0 Å². The van der Waals surface area contributed by atoms with Gasteiger partial charge in [-0.1, -0.05) is 23.2 Å². The van der Waals surface area contributed by atoms with Gasteiger partial charge >= 0.3 is 5.97 Å². The smallest absolute Gasteiger partial charge is 0.345 e. The summed E-state index contributed by atoms with van der Waals surface area (Å²) in [6.07, 6.45) is 0.635. The molecule has 92 valence electrons. The van der Waals surface area contributed by atoms with E-state index in [9.17, 15) is 4.79 Å². The number of carboxylic acids is 1. The summed E-state index contributed by atoms with van der Waals surface area (Å²) >= 11 is 17.1. The molecule has 1 aromatic rings. The third-order valence-corrected chi connectivity index (χ3v) is 2.98. The molecule has 0 radical (unpaired) electrons. The van der Waals surface area contributed by atoms with Crippen molar-refractivity contribution in [3.63, 3.8) is 0 Å². The number of aliphatic carboxylic acids is 1. The Morgan fingerprint density at radius 2 is 1.82 bits per heavy atom. The van der Waals surface area contributed by atoms with E-state index in [1.807, 2.05) is 0 Å². The van der Waals surface area contributed by atoms with Crippen molar-refractivity contribution in [3.8, 4) is 5.75 Å². The lowest BCUT2D eigenvalue weighted by Gasteiger charge is -2.15. The molecule has 1 atom stereocenters. The number of carboxylic acid groups (broad SMARTS) is 1. The lowest BCUT2D eigenvalue weighted by molar-refractivity contribution is -0.146. The van der Waals surface area contributed by atoms with Crippen LogP contribution in [0.4, 0.5) is 0 Å². The van der Waals surface area contributed by atoms with Gasteiger partial charge in [-0.15, -0.1) is 0 Å². The summed E-state index contributed by atoms with van der Waals surface area (Å²) in [7, 11) is 0. The predicted molar refractivity (Wildman–Crippen MR) is 61.8 cm³/mol. The molecule has 0 aliphatic heterocycles. The largest absolute Gasteiger partial charge is 0.478 e. The number of rotatable bonds is 4. The molecule has 2 rings (SSSR count). The molecule has 1 unspecified atom stereocenters. The van der Waals surface area contributed by atoms with Crippen LogP contribution in [0, 0.1) is 5.92 Å². The van der Waals surface area contributed by atoms with Crippen LogP contribution >= 0.6 is 34.8 Å². The number of hydrogen-bond donors (Lipinski definition) is 1. The van der Waals surface area contributed by atoms with Crippen LogP contribution < -0.4 is 4.74 Å². The van der Waals surface area contributed by atoms with E-state index >= 15 is 0 Å². The lowest BCUT2D eigenvalue weighted by Crippen LogP contribution is -2.29. The molecule has 8 heteroatoms. The van der Waals surface area contributed by atoms with Crippen LogP contribution in [0.25, 0.3) is 0 Å². The summed E-state index contributed by atoms with van der Waals surface area (Å²) in [6, 6.07) is 0. The number of hydrogen-bond acceptors (Lipinski definition) is 4. The molecule has 1 fully saturated rings. The minimum absolute atomic E-state index is 0.0182. The molecule has 0 saturated heterocycles. The Hall–Kier alpha value is -0.780. The number of halogens is 3. The first kappa shape index (κ1) is 12.7. The first-order valence-electron chi connectivity index (χ1n) is 4.77. The fourth-order valence-electron chi connectivity index (χ4n) is 1.35. The van der Waals surface area contributed by atoms with Crippen LogP contribution in [0.5, 0.6) is 5.75 Å². The van der Waals surface area contributed by atoms with Crippen LogP contribution in [-0.2, 0) is 4.79 Å². The zero-order valence-corrected chi connectivity index (χ0v) is 10.6. The topological polar surface area (TPSA) is 72.3 Å². The maximum Gasteiger partial charge on any atom is 0.345 e. The molecule has 5 nitrogen and oxygen atoms in total. The molecule has 0 spiro atoms. The van der Waals surface area contributed by atoms with Crippen molar-refractivity contribution in [2.75, 3.05) is 0 Å². The molecule has 1 saturated carbocycles. The van der Waals surface area contributed by atoms with E-state index in [0.29, 0.717) is 0 Å². The van der Waals surface area contributed by atoms with Crippen molar-refractivity contribution >= 4 is 40.8 Å². The summed E-state index contributed by atoms with van der Waals surface area (Å²) < 4.78 is 5.27. The quantitative estimate of drug-likeness (QED) is 0.683. The van der Waals surface area contributed by atoms with Crippen molar-refractivity contribution in [3.05, 3.63) is 15.6 Å². The fraction of sp³-hybridized carbons (Fsp3) is 0.444. The highest BCUT2D eigenvalue weighted by atomic mass is 35.5. The zero-order valence-electron chi connectivity index (χ0n) is 8.36. The summed E-state index contributed by atoms with van der Waals surface area (Å²) in [5.74, 6) is -1.12. The highest BCUT2D eigenvalue weighted by Crippen LogP contribution is 2.38. The van der Waals surface area contributed by atoms with Gasteiger partial charge < -0.3 is 9.84 Å². The third-order valence-electron chi connectivity index (χ3n) is 2.29. The van der Waals surface area contributed by atoms with Gasteiger partial charge in [-0.05, 0) is 24.4 Å². The molecule has 1 aliphatic rings. The number of carbonyl (C=O) groups is 1. The van der Waals surface area contributed by atoms with Crippen molar-refractivity contribution in [2.24, 2.45) is 5.92 Å². The molecule has 0 bridgehead atoms. The summed E-state index contributed by atoms with van der Waals surface area (Å²) in [4.78, 5) is 18.3. The average Bonchev–Trinajstić information content (AvgIpc) is 2.99. The average molecular weight is 298 g/mol. The molecule has 1 heterocycles. The van der Waals surface area contributed by atoms with Crippen molar-refractivity contribution in [1.82, 2.24) is 9.97 Å². The Morgan fingerprint density at radius 1 is 1.29 bits per heavy atom. The number of ether oxygens (including phenoxy) is 1. The van der Waals surface area contributed by atoms with E-state index in [2.05, 4.69) is 9.97 Å². The van der Waals surface area contributed by atoms with Gasteiger partial charge in [0.15, 0.2) is 22.2 Å². The van der Waals surface area contributed by atoms with Gasteiger partial charge in [0, 0.05) is 5.92 Å². The van der Waals surface area contributed by atoms with Crippen molar-refractivity contribution in [1.29, 1.82) is 0 Å². The first-order valence-corrected chi connectivity index (χ1v) is 5.90. The second kappa shape index (κ2) is 4.84. The molecular formula is C9H7Cl3N2O3. The lowest BCUT2D eigenvalue weighted by atomic mass is 10.2. The van der Waals surface area contributed by atoms with Gasteiger partial charge in [0.1, 0.15) is 0 Å². The molecule has 1 aliphatic carbocycles. The maximum absolute atomic E-state index is 11.0. The second-order valence-electron chi connectivity index (χ2n) is 3.62. The predicted octanol–water partition coefficient (Wildman–Crippen LogP) is 2.68. The van der Waals surface area contributed by atoms with Crippen molar-refractivity contribution in [2.45, 2.75) is 18.9 Å². The second-order valence-corrected chi connectivity index (χ2v) is 4.67. The SMILES string of the molecule is O=C(O)C(Oc1c(Cl)nc(Cl)nc1Cl)C1CC1. The van der Waals surface area contributed by atoms with Gasteiger partial charge in [0.05, 0.1) is 0 Å². The Bertz CT molecular complexity index is 442. The molecule has 1 N–H and O–H groups in total. The van der Waals surface area contributed by atoms with Gasteiger partial charge in [-0.3, -0.25) is 0 Å². The monoisotopic (exact) mass is 296 g/mol. The van der Waals surface area contributed by atoms with Gasteiger partial charge in [0.25, 0.3) is 0 Å². The molecular weight excluding hydrogens is 290 g/mol. The van der Waals surface area contributed by atoms with Gasteiger partial charge in [0.2, 0.25) is 5.28 Å². The minimum Gasteiger partial charge on any atom is -0.478 e. The molecule has 0 amide bonds. The Kier molecular flexibility index (Phi) is 3.61. The van der Waals surface area contributed by atoms with Crippen LogP contribution in [0.1, 0.15) is 12.8 Å². The summed E-state index contributed by atoms with van der Waals surface area (Å²) in [5.41, 5.74) is 0. The molecule has 1 aromatic heterocycles. The summed E-state index contributed by atoms with van der Waals surface area (Å²) in [5, 5.41) is 8.69. The minimum atomic E-state index is -1.06. The Morgan fingerprint density at radius 3 is 2.24 bits per heavy atom. The zero-order chi connectivity index (χ0) is 12.6. The Balaban J connectivity index is 2.25. The number of nitrogens with zero attached hydrogens (tertiary/aromatic N) is 2. The van der Waals surface area contributed by atoms with E-state index in [-0.39, 0.29) is 27.3 Å². The van der Waals surface area contributed by atoms with Crippen LogP contribution in [0.2, 0.25) is 15.6 Å². The maximum atomic E-state index is 11.0. The van der Waals surface area contributed by atoms with E-state index in [0.717, 1.165) is 12.8 Å². The van der Waals surface area contributed by atoms with E-state index in [1.165, 1.54) is 0 Å². The first-order chi connectivity index (χ1) is 7.99. The van der Waals surface area contributed by atoms with Crippen molar-refractivity contribution < 1.29 is 14.6 Å². The highest BCUT2D eigenvalue weighted by molar-refractivity contribution is 6.37. The van der Waals surface area contributed by atoms with Crippen LogP contribution in [-0.4, -0.2) is 27.1 Å². The van der Waals surface area contributed by atoms with Crippen LogP contribution in [0.15, 0.2) is 0 Å². The fourth-order valence-corrected chi connectivity index (χ4v) is 2.08. The van der Waals surface area contributed by atoms with Crippen LogP contribution in [0.3, 0.4) is 0 Å². The highest BCUT2D eigenvalue weighted by Gasteiger charge is 2.39. The number of aromatic nitrogens is 2. The molecule has 17 heavy (non-hydrogen) atoms. The Labute approximate surface area is 112 Å². The molecule has 0 aromatic carbocycles. The summed E-state index contributed by atoms with van der Waals surface area (Å²) in [6.45, 7) is 0. The normalized spacial score (nSPS) is 16.6. The standard InChI is InChI=1S/C9H7Cl3N2O3/c10-6-5(7(11)14-9(12)13-6)17-4(8(15)16)3-1-2-3/h3-4H,1-2H2,(H,15,16). The van der Waals surface area contributed by atoms with Gasteiger partial charge in [-0.25, -0.2) is 14.8 Å². The van der Waals surface area contributed by atoms with E-state index in [4.69, 9.17) is 44.6 Å². The van der Waals surface area contributed by atoms with E-state index in [1.54, 1.807) is 0 Å². The third kappa shape index (κ3) is 2.91. The van der Waals surface area contributed by atoms with E-state index < -0.39 is 12.1 Å².